The van der Waals surface area contributed by atoms with Gasteiger partial charge in [0.05, 0.1) is 49.1 Å². The smallest absolute Gasteiger partial charge is 0.308 e. The van der Waals surface area contributed by atoms with Crippen LogP contribution in [0.5, 0.6) is 0 Å². The van der Waals surface area contributed by atoms with E-state index in [2.05, 4.69) is 31.2 Å². The molecular formula is C16H20N6O5. The van der Waals surface area contributed by atoms with Crippen LogP contribution in [0, 0.1) is 0 Å². The third kappa shape index (κ3) is 5.38. The molecule has 2 atom stereocenters. The number of aromatic nitrogens is 1. The highest BCUT2D eigenvalue weighted by atomic mass is 16.5. The molecule has 0 spiro atoms. The third-order valence-electron chi connectivity index (χ3n) is 3.86. The number of pyridine rings is 1. The molecule has 3 rings (SSSR count). The average Bonchev–Trinajstić information content (AvgIpc) is 3.06. The predicted molar refractivity (Wildman–Crippen MR) is 94.0 cm³/mol. The second-order valence-corrected chi connectivity index (χ2v) is 6.15. The van der Waals surface area contributed by atoms with Crippen molar-refractivity contribution in [3.05, 3.63) is 24.0 Å². The van der Waals surface area contributed by atoms with Crippen LogP contribution in [0.3, 0.4) is 0 Å². The number of nitrogens with one attached hydrogen (secondary N) is 4. The van der Waals surface area contributed by atoms with Crippen molar-refractivity contribution in [3.63, 3.8) is 0 Å². The van der Waals surface area contributed by atoms with Gasteiger partial charge in [0.1, 0.15) is 6.61 Å². The number of aliphatic hydroxyl groups excluding tert-OH is 1. The number of esters is 1. The molecule has 0 bridgehead atoms. The number of β-amino-alcohol motifs (C(OH)–C–C–N with tert-alkyl or cyclic N) is 1. The molecular weight excluding hydrogens is 356 g/mol. The number of guanidine groups is 1. The van der Waals surface area contributed by atoms with E-state index in [4.69, 9.17) is 4.74 Å². The Hall–Kier alpha value is -3.21. The molecule has 0 radical (unpaired) electrons. The van der Waals surface area contributed by atoms with E-state index in [0.717, 1.165) is 0 Å². The highest BCUT2D eigenvalue weighted by Crippen LogP contribution is 2.09. The molecule has 144 valence electrons. The Bertz CT molecular complexity index is 767. The number of nitrogens with zero attached hydrogens (tertiary/aromatic N) is 2. The Morgan fingerprint density at radius 2 is 2.22 bits per heavy atom. The highest BCUT2D eigenvalue weighted by Gasteiger charge is 2.25. The zero-order valence-electron chi connectivity index (χ0n) is 14.4. The Kier molecular flexibility index (Phi) is 5.81. The van der Waals surface area contributed by atoms with Gasteiger partial charge in [-0.25, -0.2) is 0 Å². The van der Waals surface area contributed by atoms with Gasteiger partial charge >= 0.3 is 5.97 Å². The number of aliphatic hydroxyl groups is 1. The van der Waals surface area contributed by atoms with Gasteiger partial charge in [-0.3, -0.25) is 24.4 Å². The molecule has 1 aromatic heterocycles. The number of hydrogen-bond donors (Lipinski definition) is 5. The van der Waals surface area contributed by atoms with E-state index in [9.17, 15) is 19.5 Å². The quantitative estimate of drug-likeness (QED) is 0.369. The Morgan fingerprint density at radius 1 is 1.37 bits per heavy atom. The summed E-state index contributed by atoms with van der Waals surface area (Å²) >= 11 is 0. The molecule has 0 saturated carbocycles. The van der Waals surface area contributed by atoms with Crippen LogP contribution in [0.4, 0.5) is 5.69 Å². The van der Waals surface area contributed by atoms with E-state index in [1.807, 2.05) is 0 Å². The first kappa shape index (κ1) is 18.6. The lowest BCUT2D eigenvalue weighted by molar-refractivity contribution is -0.138. The van der Waals surface area contributed by atoms with Gasteiger partial charge in [-0.1, -0.05) is 0 Å². The van der Waals surface area contributed by atoms with Crippen molar-refractivity contribution in [2.45, 2.75) is 18.6 Å². The summed E-state index contributed by atoms with van der Waals surface area (Å²) in [7, 11) is 0. The molecule has 2 aliphatic heterocycles. The number of ether oxygens (including phenoxy) is 1. The van der Waals surface area contributed by atoms with Gasteiger partial charge in [0.25, 0.3) is 5.91 Å². The third-order valence-corrected chi connectivity index (χ3v) is 3.86. The van der Waals surface area contributed by atoms with Gasteiger partial charge in [0, 0.05) is 12.7 Å². The molecule has 1 aromatic rings. The molecule has 11 heteroatoms. The molecule has 2 unspecified atom stereocenters. The standard InChI is InChI=1S/C16H20N6O5/c23-12-5-19-16(20-6-12)22-10-1-9(3-17-4-10)15(26)18-7-13(24)21-11-2-14(25)27-8-11/h1,3-4,11-12,23H,2,5-8H2,(H,18,26)(H,21,24)(H2,19,20,22). The lowest BCUT2D eigenvalue weighted by Gasteiger charge is -2.19. The second-order valence-electron chi connectivity index (χ2n) is 6.15. The SMILES string of the molecule is O=C(CNC(=O)c1cncc(NC2=NCC(O)CN2)c1)NC1COC(=O)C1. The molecule has 0 aromatic carbocycles. The maximum atomic E-state index is 12.2. The van der Waals surface area contributed by atoms with Crippen LogP contribution in [-0.2, 0) is 14.3 Å². The zero-order valence-corrected chi connectivity index (χ0v) is 14.4. The number of rotatable bonds is 5. The number of anilines is 1. The van der Waals surface area contributed by atoms with Crippen LogP contribution in [0.1, 0.15) is 16.8 Å². The van der Waals surface area contributed by atoms with E-state index >= 15 is 0 Å². The van der Waals surface area contributed by atoms with E-state index < -0.39 is 17.9 Å². The number of amides is 2. The Morgan fingerprint density at radius 3 is 2.93 bits per heavy atom. The minimum absolute atomic E-state index is 0.131. The number of aliphatic imine (C=N–C) groups is 1. The van der Waals surface area contributed by atoms with Gasteiger partial charge in [0.15, 0.2) is 5.96 Å². The highest BCUT2D eigenvalue weighted by molar-refractivity contribution is 5.99. The summed E-state index contributed by atoms with van der Waals surface area (Å²) in [6.07, 6.45) is 2.51. The van der Waals surface area contributed by atoms with Crippen molar-refractivity contribution >= 4 is 29.4 Å². The first-order chi connectivity index (χ1) is 13.0. The largest absolute Gasteiger partial charge is 0.463 e. The number of cyclic esters (lactones) is 1. The molecule has 2 aliphatic rings. The minimum Gasteiger partial charge on any atom is -0.463 e. The van der Waals surface area contributed by atoms with E-state index in [-0.39, 0.29) is 43.7 Å². The lowest BCUT2D eigenvalue weighted by Crippen LogP contribution is -2.42. The number of hydrogen-bond acceptors (Lipinski definition) is 9. The molecule has 2 amide bonds. The maximum Gasteiger partial charge on any atom is 0.308 e. The Labute approximate surface area is 154 Å². The van der Waals surface area contributed by atoms with Gasteiger partial charge in [0.2, 0.25) is 5.91 Å². The molecule has 11 nitrogen and oxygen atoms in total. The normalized spacial score (nSPS) is 21.5. The topological polar surface area (TPSA) is 154 Å². The molecule has 1 fully saturated rings. The Balaban J connectivity index is 1.49. The van der Waals surface area contributed by atoms with Gasteiger partial charge in [-0.2, -0.15) is 0 Å². The molecule has 3 heterocycles. The van der Waals surface area contributed by atoms with E-state index in [1.165, 1.54) is 12.4 Å². The van der Waals surface area contributed by atoms with Crippen molar-refractivity contribution in [1.82, 2.24) is 20.9 Å². The van der Waals surface area contributed by atoms with Crippen molar-refractivity contribution in [1.29, 1.82) is 0 Å². The summed E-state index contributed by atoms with van der Waals surface area (Å²) < 4.78 is 4.76. The summed E-state index contributed by atoms with van der Waals surface area (Å²) in [6, 6.07) is 1.21. The van der Waals surface area contributed by atoms with Crippen LogP contribution in [-0.4, -0.2) is 72.2 Å². The van der Waals surface area contributed by atoms with Crippen LogP contribution < -0.4 is 21.3 Å². The minimum atomic E-state index is -0.522. The molecule has 5 N–H and O–H groups in total. The van der Waals surface area contributed by atoms with Gasteiger partial charge < -0.3 is 31.1 Å². The molecule has 27 heavy (non-hydrogen) atoms. The van der Waals surface area contributed by atoms with Crippen LogP contribution >= 0.6 is 0 Å². The van der Waals surface area contributed by atoms with E-state index in [1.54, 1.807) is 6.07 Å². The fraction of sp³-hybridized carbons (Fsp3) is 0.438. The van der Waals surface area contributed by atoms with Crippen LogP contribution in [0.25, 0.3) is 0 Å². The predicted octanol–water partition coefficient (Wildman–Crippen LogP) is -2.02. The number of carbonyl (C=O) groups is 3. The average molecular weight is 376 g/mol. The number of carbonyl (C=O) groups excluding carboxylic acids is 3. The molecule has 0 aliphatic carbocycles. The summed E-state index contributed by atoms with van der Waals surface area (Å²) in [5.74, 6) is -0.749. The summed E-state index contributed by atoms with van der Waals surface area (Å²) in [5, 5.41) is 20.4. The van der Waals surface area contributed by atoms with Crippen molar-refractivity contribution in [2.75, 3.05) is 31.6 Å². The van der Waals surface area contributed by atoms with Crippen molar-refractivity contribution in [3.8, 4) is 0 Å². The van der Waals surface area contributed by atoms with E-state index in [0.29, 0.717) is 18.2 Å². The van der Waals surface area contributed by atoms with Gasteiger partial charge in [-0.05, 0) is 6.07 Å². The summed E-state index contributed by atoms with van der Waals surface area (Å²) in [6.45, 7) is 0.584. The van der Waals surface area contributed by atoms with Gasteiger partial charge in [-0.15, -0.1) is 0 Å². The van der Waals surface area contributed by atoms with Crippen LogP contribution in [0.15, 0.2) is 23.5 Å². The maximum absolute atomic E-state index is 12.2. The first-order valence-corrected chi connectivity index (χ1v) is 8.41. The lowest BCUT2D eigenvalue weighted by atomic mass is 10.2. The summed E-state index contributed by atoms with van der Waals surface area (Å²) in [5.41, 5.74) is 0.806. The first-order valence-electron chi connectivity index (χ1n) is 8.41. The zero-order chi connectivity index (χ0) is 19.2. The fourth-order valence-electron chi connectivity index (χ4n) is 2.53. The van der Waals surface area contributed by atoms with Crippen molar-refractivity contribution in [2.24, 2.45) is 4.99 Å². The monoisotopic (exact) mass is 376 g/mol. The second kappa shape index (κ2) is 8.45. The summed E-state index contributed by atoms with van der Waals surface area (Å²) in [4.78, 5) is 43.2. The van der Waals surface area contributed by atoms with Crippen LogP contribution in [0.2, 0.25) is 0 Å². The van der Waals surface area contributed by atoms with Crippen molar-refractivity contribution < 1.29 is 24.2 Å². The molecule has 1 saturated heterocycles. The fourth-order valence-corrected chi connectivity index (χ4v) is 2.53.